The average Bonchev–Trinajstić information content (AvgIpc) is 2.80. The summed E-state index contributed by atoms with van der Waals surface area (Å²) in [5.41, 5.74) is 0.296. The lowest BCUT2D eigenvalue weighted by molar-refractivity contribution is -0.137. The number of rotatable bonds is 9. The van der Waals surface area contributed by atoms with Gasteiger partial charge in [-0.15, -0.1) is 0 Å². The number of benzene rings is 3. The molecule has 8 nitrogen and oxygen atoms in total. The van der Waals surface area contributed by atoms with Gasteiger partial charge in [0.15, 0.2) is 0 Å². The van der Waals surface area contributed by atoms with Crippen LogP contribution in [-0.2, 0) is 16.2 Å². The molecule has 3 aromatic rings. The summed E-state index contributed by atoms with van der Waals surface area (Å²) in [5.74, 6) is -0.697. The van der Waals surface area contributed by atoms with Crippen LogP contribution in [0.5, 0.6) is 11.5 Å². The zero-order chi connectivity index (χ0) is 26.5. The second-order valence-corrected chi connectivity index (χ2v) is 9.52. The molecule has 4 N–H and O–H groups in total. The van der Waals surface area contributed by atoms with Gasteiger partial charge in [0.1, 0.15) is 11.5 Å². The van der Waals surface area contributed by atoms with E-state index in [1.165, 1.54) is 48.5 Å². The highest BCUT2D eigenvalue weighted by molar-refractivity contribution is 7.92. The van der Waals surface area contributed by atoms with Crippen molar-refractivity contribution in [1.82, 2.24) is 0 Å². The van der Waals surface area contributed by atoms with E-state index in [0.29, 0.717) is 17.5 Å². The van der Waals surface area contributed by atoms with Crippen molar-refractivity contribution in [3.05, 3.63) is 71.8 Å². The molecular weight excluding hydrogens is 501 g/mol. The molecule has 3 aromatic carbocycles. The number of aromatic hydroxyl groups is 1. The van der Waals surface area contributed by atoms with Crippen LogP contribution in [0.2, 0.25) is 0 Å². The van der Waals surface area contributed by atoms with Crippen molar-refractivity contribution in [2.75, 3.05) is 29.5 Å². The molecule has 0 unspecified atom stereocenters. The number of ether oxygens (including phenoxy) is 1. The van der Waals surface area contributed by atoms with E-state index in [-0.39, 0.29) is 41.7 Å². The van der Waals surface area contributed by atoms with Crippen molar-refractivity contribution in [2.45, 2.75) is 12.6 Å². The third-order valence-corrected chi connectivity index (χ3v) is 5.47. The number of nitrogens with one attached hydrogen (secondary N) is 2. The summed E-state index contributed by atoms with van der Waals surface area (Å²) in [4.78, 5) is 12.8. The Morgan fingerprint density at radius 1 is 1.03 bits per heavy atom. The van der Waals surface area contributed by atoms with Crippen molar-refractivity contribution in [3.8, 4) is 22.6 Å². The van der Waals surface area contributed by atoms with E-state index in [4.69, 9.17) is 9.84 Å². The summed E-state index contributed by atoms with van der Waals surface area (Å²) in [7, 11) is -3.68. The summed E-state index contributed by atoms with van der Waals surface area (Å²) < 4.78 is 69.5. The molecular formula is C24H23F3N2O6S. The van der Waals surface area contributed by atoms with Gasteiger partial charge >= 0.3 is 6.18 Å². The number of phenolic OH excluding ortho intramolecular Hbond substituents is 1. The van der Waals surface area contributed by atoms with Crippen molar-refractivity contribution in [1.29, 1.82) is 0 Å². The summed E-state index contributed by atoms with van der Waals surface area (Å²) in [5, 5.41) is 21.5. The minimum absolute atomic E-state index is 0.105. The predicted octanol–water partition coefficient (Wildman–Crippen LogP) is 4.46. The maximum absolute atomic E-state index is 12.9. The summed E-state index contributed by atoms with van der Waals surface area (Å²) >= 11 is 0. The Morgan fingerprint density at radius 2 is 1.72 bits per heavy atom. The highest BCUT2D eigenvalue weighted by atomic mass is 32.2. The number of aliphatic hydroxyl groups excluding tert-OH is 1. The van der Waals surface area contributed by atoms with Gasteiger partial charge in [-0.25, -0.2) is 8.42 Å². The van der Waals surface area contributed by atoms with Crippen molar-refractivity contribution < 1.29 is 41.3 Å². The molecule has 0 aliphatic rings. The van der Waals surface area contributed by atoms with Crippen molar-refractivity contribution >= 4 is 27.3 Å². The van der Waals surface area contributed by atoms with E-state index >= 15 is 0 Å². The Balaban J connectivity index is 1.89. The molecule has 0 saturated carbocycles. The summed E-state index contributed by atoms with van der Waals surface area (Å²) in [6.07, 6.45) is -3.27. The molecule has 0 heterocycles. The second-order valence-electron chi connectivity index (χ2n) is 7.77. The number of alkyl halides is 3. The third-order valence-electron chi connectivity index (χ3n) is 4.88. The molecule has 192 valence electrons. The molecule has 0 aliphatic carbocycles. The van der Waals surface area contributed by atoms with Gasteiger partial charge in [-0.2, -0.15) is 13.2 Å². The van der Waals surface area contributed by atoms with E-state index in [1.807, 2.05) is 0 Å². The highest BCUT2D eigenvalue weighted by Crippen LogP contribution is 2.35. The Bertz CT molecular complexity index is 1340. The molecule has 0 fully saturated rings. The first-order chi connectivity index (χ1) is 16.9. The fraction of sp³-hybridized carbons (Fsp3) is 0.208. The van der Waals surface area contributed by atoms with Gasteiger partial charge in [-0.05, 0) is 54.1 Å². The Morgan fingerprint density at radius 3 is 2.33 bits per heavy atom. The number of anilines is 2. The second kappa shape index (κ2) is 10.9. The van der Waals surface area contributed by atoms with E-state index in [0.717, 1.165) is 18.4 Å². The lowest BCUT2D eigenvalue weighted by atomic mass is 10.0. The topological polar surface area (TPSA) is 125 Å². The zero-order valence-corrected chi connectivity index (χ0v) is 19.8. The van der Waals surface area contributed by atoms with Crippen LogP contribution < -0.4 is 14.8 Å². The van der Waals surface area contributed by atoms with E-state index in [1.54, 1.807) is 0 Å². The lowest BCUT2D eigenvalue weighted by Crippen LogP contribution is -2.14. The maximum atomic E-state index is 12.9. The number of aliphatic hydroxyl groups is 1. The van der Waals surface area contributed by atoms with Gasteiger partial charge in [0.2, 0.25) is 10.0 Å². The maximum Gasteiger partial charge on any atom is 0.416 e. The quantitative estimate of drug-likeness (QED) is 0.186. The first kappa shape index (κ1) is 26.8. The van der Waals surface area contributed by atoms with Gasteiger partial charge in [0, 0.05) is 29.8 Å². The van der Waals surface area contributed by atoms with Crippen LogP contribution in [0.4, 0.5) is 24.5 Å². The summed E-state index contributed by atoms with van der Waals surface area (Å²) in [6, 6.07) is 12.7. The first-order valence-electron chi connectivity index (χ1n) is 10.5. The van der Waals surface area contributed by atoms with Gasteiger partial charge in [0.05, 0.1) is 24.1 Å². The largest absolute Gasteiger partial charge is 0.506 e. The third kappa shape index (κ3) is 7.12. The monoisotopic (exact) mass is 524 g/mol. The smallest absolute Gasteiger partial charge is 0.416 e. The van der Waals surface area contributed by atoms with Crippen LogP contribution in [0.3, 0.4) is 0 Å². The van der Waals surface area contributed by atoms with Crippen molar-refractivity contribution in [2.24, 2.45) is 0 Å². The Kier molecular flexibility index (Phi) is 8.10. The van der Waals surface area contributed by atoms with Crippen LogP contribution in [0.1, 0.15) is 22.3 Å². The van der Waals surface area contributed by atoms with Gasteiger partial charge in [0.25, 0.3) is 5.91 Å². The number of carbonyl (C=O) groups excluding carboxylic acids is 1. The molecule has 12 heteroatoms. The Hall–Kier alpha value is -3.77. The molecule has 0 spiro atoms. The van der Waals surface area contributed by atoms with Crippen LogP contribution in [-0.4, -0.2) is 44.0 Å². The fourth-order valence-electron chi connectivity index (χ4n) is 3.21. The van der Waals surface area contributed by atoms with E-state index in [2.05, 4.69) is 10.0 Å². The molecule has 0 bridgehead atoms. The predicted molar refractivity (Wildman–Crippen MR) is 129 cm³/mol. The van der Waals surface area contributed by atoms with Gasteiger partial charge in [-0.1, -0.05) is 12.1 Å². The standard InChI is InChI=1S/C24H23F3N2O6S/c1-36(33,34)29-20-14-18(8-10-21(20)31)28-23(32)16-5-9-19(22(13-16)35-12-2-11-30)15-3-6-17(7-4-15)24(25,26)27/h3-10,13-14,29-31H,2,11-12H2,1H3,(H,28,32). The number of amides is 1. The molecule has 1 amide bonds. The van der Waals surface area contributed by atoms with E-state index < -0.39 is 27.7 Å². The summed E-state index contributed by atoms with van der Waals surface area (Å²) in [6.45, 7) is -0.0336. The number of carbonyl (C=O) groups is 1. The van der Waals surface area contributed by atoms with Crippen LogP contribution in [0, 0.1) is 0 Å². The lowest BCUT2D eigenvalue weighted by Gasteiger charge is -2.15. The average molecular weight is 525 g/mol. The first-order valence-corrected chi connectivity index (χ1v) is 12.4. The van der Waals surface area contributed by atoms with Crippen LogP contribution in [0.15, 0.2) is 60.7 Å². The highest BCUT2D eigenvalue weighted by Gasteiger charge is 2.30. The van der Waals surface area contributed by atoms with Gasteiger partial charge in [-0.3, -0.25) is 9.52 Å². The number of hydrogen-bond acceptors (Lipinski definition) is 6. The van der Waals surface area contributed by atoms with Crippen LogP contribution in [0.25, 0.3) is 11.1 Å². The SMILES string of the molecule is CS(=O)(=O)Nc1cc(NC(=O)c2ccc(-c3ccc(C(F)(F)F)cc3)c(OCCCO)c2)ccc1O. The molecule has 0 radical (unpaired) electrons. The molecule has 0 aromatic heterocycles. The Labute approximate surface area is 205 Å². The zero-order valence-electron chi connectivity index (χ0n) is 19.0. The minimum Gasteiger partial charge on any atom is -0.506 e. The molecule has 0 atom stereocenters. The van der Waals surface area contributed by atoms with E-state index in [9.17, 15) is 31.5 Å². The number of halogens is 3. The normalized spacial score (nSPS) is 11.7. The fourth-order valence-corrected chi connectivity index (χ4v) is 3.77. The van der Waals surface area contributed by atoms with Crippen LogP contribution >= 0.6 is 0 Å². The number of phenols is 1. The van der Waals surface area contributed by atoms with Gasteiger partial charge < -0.3 is 20.3 Å². The number of hydrogen-bond donors (Lipinski definition) is 4. The molecule has 0 aliphatic heterocycles. The van der Waals surface area contributed by atoms with Crippen molar-refractivity contribution in [3.63, 3.8) is 0 Å². The molecule has 3 rings (SSSR count). The molecule has 0 saturated heterocycles. The minimum atomic E-state index is -4.48. The number of sulfonamides is 1. The molecule has 36 heavy (non-hydrogen) atoms.